The quantitative estimate of drug-likeness (QED) is 0.913. The van der Waals surface area contributed by atoms with Crippen LogP contribution in [0.2, 0.25) is 0 Å². The average molecular weight is 330 g/mol. The van der Waals surface area contributed by atoms with Gasteiger partial charge in [0.2, 0.25) is 5.91 Å². The van der Waals surface area contributed by atoms with Gasteiger partial charge in [-0.1, -0.05) is 18.2 Å². The topological polar surface area (TPSA) is 77.9 Å². The molecule has 2 heterocycles. The highest BCUT2D eigenvalue weighted by molar-refractivity contribution is 5.99. The van der Waals surface area contributed by atoms with Crippen molar-refractivity contribution in [3.8, 4) is 0 Å². The second-order valence-corrected chi connectivity index (χ2v) is 6.78. The van der Waals surface area contributed by atoms with Crippen LogP contribution in [0.25, 0.3) is 0 Å². The number of amides is 2. The number of carbonyl (C=O) groups is 3. The van der Waals surface area contributed by atoms with Crippen LogP contribution in [0.5, 0.6) is 0 Å². The van der Waals surface area contributed by atoms with Crippen molar-refractivity contribution in [3.63, 3.8) is 0 Å². The number of carboxylic acid groups (broad SMARTS) is 1. The van der Waals surface area contributed by atoms with Gasteiger partial charge in [0.05, 0.1) is 5.92 Å². The first-order chi connectivity index (χ1) is 11.4. The Bertz CT molecular complexity index is 660. The van der Waals surface area contributed by atoms with E-state index >= 15 is 0 Å². The van der Waals surface area contributed by atoms with E-state index in [1.165, 1.54) is 0 Å². The summed E-state index contributed by atoms with van der Waals surface area (Å²) in [6.45, 7) is 3.03. The van der Waals surface area contributed by atoms with E-state index in [4.69, 9.17) is 5.11 Å². The van der Waals surface area contributed by atoms with E-state index in [2.05, 4.69) is 0 Å². The molecule has 1 aromatic carbocycles. The third-order valence-electron chi connectivity index (χ3n) is 5.19. The molecule has 2 saturated heterocycles. The summed E-state index contributed by atoms with van der Waals surface area (Å²) in [4.78, 5) is 40.2. The minimum Gasteiger partial charge on any atom is -0.481 e. The standard InChI is InChI=1S/C18H22N2O4/c1-18(17(24)19-11-8-14(12-19)16(22)23)9-5-10-20(18)15(21)13-6-3-2-4-7-13/h2-4,6-7,14H,5,8-12H2,1H3,(H,22,23). The van der Waals surface area contributed by atoms with Gasteiger partial charge >= 0.3 is 5.97 Å². The van der Waals surface area contributed by atoms with Gasteiger partial charge in [-0.15, -0.1) is 0 Å². The Morgan fingerprint density at radius 1 is 1.17 bits per heavy atom. The zero-order chi connectivity index (χ0) is 17.3. The number of hydrogen-bond donors (Lipinski definition) is 1. The first kappa shape index (κ1) is 16.5. The Balaban J connectivity index is 1.79. The smallest absolute Gasteiger partial charge is 0.308 e. The number of hydrogen-bond acceptors (Lipinski definition) is 3. The Morgan fingerprint density at radius 3 is 2.50 bits per heavy atom. The van der Waals surface area contributed by atoms with Crippen molar-refractivity contribution in [1.29, 1.82) is 0 Å². The Morgan fingerprint density at radius 2 is 1.88 bits per heavy atom. The van der Waals surface area contributed by atoms with Gasteiger partial charge in [0, 0.05) is 25.2 Å². The lowest BCUT2D eigenvalue weighted by Crippen LogP contribution is -2.56. The highest BCUT2D eigenvalue weighted by Crippen LogP contribution is 2.34. The molecule has 1 N–H and O–H groups in total. The lowest BCUT2D eigenvalue weighted by atomic mass is 9.96. The molecule has 0 radical (unpaired) electrons. The van der Waals surface area contributed by atoms with Crippen LogP contribution >= 0.6 is 0 Å². The molecular weight excluding hydrogens is 308 g/mol. The van der Waals surface area contributed by atoms with Crippen molar-refractivity contribution < 1.29 is 19.5 Å². The molecule has 6 heteroatoms. The Hall–Kier alpha value is -2.37. The van der Waals surface area contributed by atoms with Crippen molar-refractivity contribution in [2.24, 2.45) is 5.92 Å². The predicted octanol–water partition coefficient (Wildman–Crippen LogP) is 1.61. The largest absolute Gasteiger partial charge is 0.481 e. The molecule has 0 aromatic heterocycles. The summed E-state index contributed by atoms with van der Waals surface area (Å²) < 4.78 is 0. The van der Waals surface area contributed by atoms with Crippen LogP contribution in [-0.2, 0) is 9.59 Å². The van der Waals surface area contributed by atoms with E-state index in [1.54, 1.807) is 41.0 Å². The van der Waals surface area contributed by atoms with Gasteiger partial charge in [0.1, 0.15) is 5.54 Å². The van der Waals surface area contributed by atoms with E-state index in [0.29, 0.717) is 31.5 Å². The molecule has 2 amide bonds. The van der Waals surface area contributed by atoms with Crippen LogP contribution in [0.4, 0.5) is 0 Å². The number of carboxylic acids is 1. The summed E-state index contributed by atoms with van der Waals surface area (Å²) in [5.41, 5.74) is -0.316. The van der Waals surface area contributed by atoms with E-state index in [-0.39, 0.29) is 18.4 Å². The minimum atomic E-state index is -0.889. The minimum absolute atomic E-state index is 0.131. The highest BCUT2D eigenvalue weighted by Gasteiger charge is 2.49. The van der Waals surface area contributed by atoms with Gasteiger partial charge in [-0.3, -0.25) is 14.4 Å². The Labute approximate surface area is 141 Å². The number of nitrogens with zero attached hydrogens (tertiary/aromatic N) is 2. The van der Waals surface area contributed by atoms with E-state index in [9.17, 15) is 14.4 Å². The van der Waals surface area contributed by atoms with E-state index in [1.807, 2.05) is 6.07 Å². The molecule has 2 aliphatic heterocycles. The van der Waals surface area contributed by atoms with Crippen molar-refractivity contribution in [1.82, 2.24) is 9.80 Å². The van der Waals surface area contributed by atoms with Crippen molar-refractivity contribution >= 4 is 17.8 Å². The van der Waals surface area contributed by atoms with Crippen LogP contribution in [0.3, 0.4) is 0 Å². The highest BCUT2D eigenvalue weighted by atomic mass is 16.4. The summed E-state index contributed by atoms with van der Waals surface area (Å²) >= 11 is 0. The molecular formula is C18H22N2O4. The molecule has 0 saturated carbocycles. The van der Waals surface area contributed by atoms with Gasteiger partial charge in [-0.25, -0.2) is 0 Å². The zero-order valence-electron chi connectivity index (χ0n) is 13.8. The fraction of sp³-hybridized carbons (Fsp3) is 0.500. The third kappa shape index (κ3) is 2.77. The van der Waals surface area contributed by atoms with Gasteiger partial charge in [0.25, 0.3) is 5.91 Å². The first-order valence-electron chi connectivity index (χ1n) is 8.32. The fourth-order valence-electron chi connectivity index (χ4n) is 3.73. The monoisotopic (exact) mass is 330 g/mol. The molecule has 3 rings (SSSR count). The summed E-state index contributed by atoms with van der Waals surface area (Å²) in [5.74, 6) is -1.64. The van der Waals surface area contributed by atoms with Crippen molar-refractivity contribution in [2.45, 2.75) is 31.7 Å². The second kappa shape index (κ2) is 6.26. The lowest BCUT2D eigenvalue weighted by molar-refractivity contribution is -0.142. The maximum absolute atomic E-state index is 13.0. The predicted molar refractivity (Wildman–Crippen MR) is 87.4 cm³/mol. The first-order valence-corrected chi connectivity index (χ1v) is 8.32. The SMILES string of the molecule is CC1(C(=O)N2CCC(C(=O)O)C2)CCCN1C(=O)c1ccccc1. The van der Waals surface area contributed by atoms with Crippen LogP contribution in [-0.4, -0.2) is 57.9 Å². The van der Waals surface area contributed by atoms with Gasteiger partial charge in [-0.05, 0) is 38.3 Å². The van der Waals surface area contributed by atoms with Crippen molar-refractivity contribution in [3.05, 3.63) is 35.9 Å². The van der Waals surface area contributed by atoms with Gasteiger partial charge in [0.15, 0.2) is 0 Å². The number of benzene rings is 1. The average Bonchev–Trinajstić information content (AvgIpc) is 3.22. The van der Waals surface area contributed by atoms with E-state index < -0.39 is 17.4 Å². The van der Waals surface area contributed by atoms with Crippen molar-refractivity contribution in [2.75, 3.05) is 19.6 Å². The molecule has 24 heavy (non-hydrogen) atoms. The molecule has 128 valence electrons. The molecule has 2 aliphatic rings. The maximum atomic E-state index is 13.0. The number of likely N-dealkylation sites (tertiary alicyclic amines) is 2. The third-order valence-corrected chi connectivity index (χ3v) is 5.19. The molecule has 0 bridgehead atoms. The molecule has 0 spiro atoms. The number of rotatable bonds is 3. The molecule has 2 atom stereocenters. The fourth-order valence-corrected chi connectivity index (χ4v) is 3.73. The Kier molecular flexibility index (Phi) is 4.30. The lowest BCUT2D eigenvalue weighted by Gasteiger charge is -2.37. The summed E-state index contributed by atoms with van der Waals surface area (Å²) in [5, 5.41) is 9.13. The van der Waals surface area contributed by atoms with Crippen LogP contribution in [0.1, 0.15) is 36.5 Å². The molecule has 2 unspecified atom stereocenters. The molecule has 0 aliphatic carbocycles. The van der Waals surface area contributed by atoms with Gasteiger partial charge < -0.3 is 14.9 Å². The maximum Gasteiger partial charge on any atom is 0.308 e. The number of carbonyl (C=O) groups excluding carboxylic acids is 2. The second-order valence-electron chi connectivity index (χ2n) is 6.78. The summed E-state index contributed by atoms with van der Waals surface area (Å²) in [7, 11) is 0. The zero-order valence-corrected chi connectivity index (χ0v) is 13.8. The summed E-state index contributed by atoms with van der Waals surface area (Å²) in [6, 6.07) is 8.96. The normalized spacial score (nSPS) is 26.6. The van der Waals surface area contributed by atoms with Crippen LogP contribution < -0.4 is 0 Å². The molecule has 1 aromatic rings. The van der Waals surface area contributed by atoms with E-state index in [0.717, 1.165) is 6.42 Å². The van der Waals surface area contributed by atoms with Crippen LogP contribution in [0, 0.1) is 5.92 Å². The van der Waals surface area contributed by atoms with Gasteiger partial charge in [-0.2, -0.15) is 0 Å². The van der Waals surface area contributed by atoms with Crippen LogP contribution in [0.15, 0.2) is 30.3 Å². The molecule has 6 nitrogen and oxygen atoms in total. The molecule has 2 fully saturated rings. The number of aliphatic carboxylic acids is 1. The summed E-state index contributed by atoms with van der Waals surface area (Å²) in [6.07, 6.45) is 1.86.